The first-order chi connectivity index (χ1) is 9.52. The van der Waals surface area contributed by atoms with Gasteiger partial charge in [0.15, 0.2) is 0 Å². The van der Waals surface area contributed by atoms with Crippen LogP contribution in [0.4, 0.5) is 22.7 Å². The van der Waals surface area contributed by atoms with E-state index in [1.165, 1.54) is 6.07 Å². The molecule has 0 aliphatic heterocycles. The normalized spacial score (nSPS) is 9.80. The molecule has 0 bridgehead atoms. The molecule has 0 atom stereocenters. The molecule has 6 nitrogen and oxygen atoms in total. The lowest BCUT2D eigenvalue weighted by atomic mass is 10.2. The lowest BCUT2D eigenvalue weighted by molar-refractivity contribution is -0.383. The van der Waals surface area contributed by atoms with Crippen LogP contribution < -0.4 is 11.1 Å². The number of para-hydroxylation sites is 1. The highest BCUT2D eigenvalue weighted by molar-refractivity contribution is 9.10. The fraction of sp³-hybridized carbons (Fsp3) is 0. The van der Waals surface area contributed by atoms with E-state index in [-0.39, 0.29) is 11.4 Å². The van der Waals surface area contributed by atoms with E-state index in [4.69, 9.17) is 11.0 Å². The van der Waals surface area contributed by atoms with E-state index < -0.39 is 4.92 Å². The Kier molecular flexibility index (Phi) is 3.86. The number of nitrogens with one attached hydrogen (secondary N) is 1. The molecule has 3 N–H and O–H groups in total. The van der Waals surface area contributed by atoms with Gasteiger partial charge in [-0.25, -0.2) is 0 Å². The first kappa shape index (κ1) is 13.8. The number of anilines is 3. The average Bonchev–Trinajstić information content (AvgIpc) is 2.40. The van der Waals surface area contributed by atoms with Gasteiger partial charge in [-0.15, -0.1) is 0 Å². The minimum Gasteiger partial charge on any atom is -0.393 e. The van der Waals surface area contributed by atoms with Crippen molar-refractivity contribution in [3.8, 4) is 6.07 Å². The van der Waals surface area contributed by atoms with Crippen LogP contribution in [0, 0.1) is 21.4 Å². The second-order valence-electron chi connectivity index (χ2n) is 3.93. The molecule has 0 heterocycles. The van der Waals surface area contributed by atoms with E-state index >= 15 is 0 Å². The fourth-order valence-electron chi connectivity index (χ4n) is 1.70. The van der Waals surface area contributed by atoms with Gasteiger partial charge in [0.25, 0.3) is 0 Å². The van der Waals surface area contributed by atoms with Crippen LogP contribution in [0.5, 0.6) is 0 Å². The summed E-state index contributed by atoms with van der Waals surface area (Å²) in [5.41, 5.74) is 6.93. The molecular formula is C13H9BrN4O2. The first-order valence-electron chi connectivity index (χ1n) is 5.52. The molecule has 0 amide bonds. The largest absolute Gasteiger partial charge is 0.393 e. The summed E-state index contributed by atoms with van der Waals surface area (Å²) in [4.78, 5) is 10.5. The number of benzene rings is 2. The van der Waals surface area contributed by atoms with Crippen LogP contribution in [0.15, 0.2) is 40.9 Å². The summed E-state index contributed by atoms with van der Waals surface area (Å²) >= 11 is 3.31. The monoisotopic (exact) mass is 332 g/mol. The quantitative estimate of drug-likeness (QED) is 0.508. The van der Waals surface area contributed by atoms with Crippen molar-refractivity contribution in [2.75, 3.05) is 11.1 Å². The molecule has 100 valence electrons. The molecule has 7 heteroatoms. The second-order valence-corrected chi connectivity index (χ2v) is 4.79. The average molecular weight is 333 g/mol. The molecule has 0 spiro atoms. The molecule has 2 aromatic rings. The van der Waals surface area contributed by atoms with Gasteiger partial charge in [0.05, 0.1) is 22.2 Å². The van der Waals surface area contributed by atoms with E-state index in [0.717, 1.165) is 0 Å². The highest BCUT2D eigenvalue weighted by Crippen LogP contribution is 2.35. The van der Waals surface area contributed by atoms with Gasteiger partial charge in [0.1, 0.15) is 11.4 Å². The Morgan fingerprint density at radius 2 is 2.05 bits per heavy atom. The van der Waals surface area contributed by atoms with Crippen molar-refractivity contribution in [2.45, 2.75) is 0 Å². The van der Waals surface area contributed by atoms with Gasteiger partial charge >= 0.3 is 5.69 Å². The van der Waals surface area contributed by atoms with Gasteiger partial charge in [0, 0.05) is 4.47 Å². The van der Waals surface area contributed by atoms with Crippen LogP contribution in [0.1, 0.15) is 5.56 Å². The number of rotatable bonds is 3. The Bertz CT molecular complexity index is 725. The SMILES string of the molecule is N#Cc1ccc(Nc2cccc(N)c2[N+](=O)[O-])c(Br)c1. The summed E-state index contributed by atoms with van der Waals surface area (Å²) in [6.07, 6.45) is 0. The van der Waals surface area contributed by atoms with Crippen molar-refractivity contribution in [1.82, 2.24) is 0 Å². The molecule has 20 heavy (non-hydrogen) atoms. The van der Waals surface area contributed by atoms with Gasteiger partial charge in [-0.1, -0.05) is 6.07 Å². The number of nitrogens with zero attached hydrogens (tertiary/aromatic N) is 2. The Labute approximate surface area is 123 Å². The molecule has 0 aliphatic rings. The summed E-state index contributed by atoms with van der Waals surface area (Å²) in [5.74, 6) is 0. The number of hydrogen-bond acceptors (Lipinski definition) is 5. The molecule has 2 aromatic carbocycles. The molecular weight excluding hydrogens is 324 g/mol. The standard InChI is InChI=1S/C13H9BrN4O2/c14-9-6-8(7-15)4-5-11(9)17-12-3-1-2-10(16)13(12)18(19)20/h1-6,17H,16H2. The molecule has 0 aromatic heterocycles. The topological polar surface area (TPSA) is 105 Å². The lowest BCUT2D eigenvalue weighted by Gasteiger charge is -2.10. The summed E-state index contributed by atoms with van der Waals surface area (Å²) in [7, 11) is 0. The molecule has 0 fully saturated rings. The van der Waals surface area contributed by atoms with Crippen molar-refractivity contribution < 1.29 is 4.92 Å². The number of nitro groups is 1. The number of halogens is 1. The molecule has 2 rings (SSSR count). The van der Waals surface area contributed by atoms with Crippen LogP contribution in [0.25, 0.3) is 0 Å². The van der Waals surface area contributed by atoms with Crippen LogP contribution in [0.3, 0.4) is 0 Å². The van der Waals surface area contributed by atoms with Crippen molar-refractivity contribution >= 4 is 38.7 Å². The minimum atomic E-state index is -0.533. The van der Waals surface area contributed by atoms with Gasteiger partial charge in [-0.05, 0) is 46.3 Å². The van der Waals surface area contributed by atoms with Crippen LogP contribution in [-0.4, -0.2) is 4.92 Å². The number of hydrogen-bond donors (Lipinski definition) is 2. The number of nitro benzene ring substituents is 1. The van der Waals surface area contributed by atoms with E-state index in [0.29, 0.717) is 21.4 Å². The predicted octanol–water partition coefficient (Wildman–Crippen LogP) is 3.55. The van der Waals surface area contributed by atoms with Gasteiger partial charge in [-0.3, -0.25) is 10.1 Å². The van der Waals surface area contributed by atoms with Crippen molar-refractivity contribution in [1.29, 1.82) is 5.26 Å². The summed E-state index contributed by atoms with van der Waals surface area (Å²) in [6.45, 7) is 0. The Morgan fingerprint density at radius 3 is 2.65 bits per heavy atom. The maximum absolute atomic E-state index is 11.0. The highest BCUT2D eigenvalue weighted by Gasteiger charge is 2.18. The zero-order valence-corrected chi connectivity index (χ0v) is 11.7. The van der Waals surface area contributed by atoms with E-state index in [1.54, 1.807) is 30.3 Å². The second kappa shape index (κ2) is 5.59. The molecule has 0 saturated carbocycles. The molecule has 0 radical (unpaired) electrons. The molecule has 0 aliphatic carbocycles. The number of nitrogen functional groups attached to an aromatic ring is 1. The number of nitrogens with two attached hydrogens (primary N) is 1. The predicted molar refractivity (Wildman–Crippen MR) is 79.6 cm³/mol. The fourth-order valence-corrected chi connectivity index (χ4v) is 2.18. The van der Waals surface area contributed by atoms with E-state index in [2.05, 4.69) is 21.2 Å². The number of nitriles is 1. The summed E-state index contributed by atoms with van der Waals surface area (Å²) < 4.78 is 0.633. The third kappa shape index (κ3) is 2.70. The Morgan fingerprint density at radius 1 is 1.30 bits per heavy atom. The zero-order chi connectivity index (χ0) is 14.7. The highest BCUT2D eigenvalue weighted by atomic mass is 79.9. The summed E-state index contributed by atoms with van der Waals surface area (Å²) in [5, 5.41) is 22.8. The third-order valence-electron chi connectivity index (χ3n) is 2.62. The minimum absolute atomic E-state index is 0.0877. The first-order valence-corrected chi connectivity index (χ1v) is 6.32. The van der Waals surface area contributed by atoms with Gasteiger partial charge in [0.2, 0.25) is 0 Å². The van der Waals surface area contributed by atoms with Crippen LogP contribution in [0.2, 0.25) is 0 Å². The van der Waals surface area contributed by atoms with Crippen molar-refractivity contribution in [3.05, 3.63) is 56.5 Å². The smallest absolute Gasteiger partial charge is 0.315 e. The Hall–Kier alpha value is -2.59. The third-order valence-corrected chi connectivity index (χ3v) is 3.27. The van der Waals surface area contributed by atoms with Gasteiger partial charge in [-0.2, -0.15) is 5.26 Å². The van der Waals surface area contributed by atoms with E-state index in [9.17, 15) is 10.1 Å². The van der Waals surface area contributed by atoms with Crippen LogP contribution in [-0.2, 0) is 0 Å². The molecule has 0 unspecified atom stereocenters. The van der Waals surface area contributed by atoms with Gasteiger partial charge < -0.3 is 11.1 Å². The maximum Gasteiger partial charge on any atom is 0.315 e. The van der Waals surface area contributed by atoms with Crippen molar-refractivity contribution in [3.63, 3.8) is 0 Å². The van der Waals surface area contributed by atoms with Crippen LogP contribution >= 0.6 is 15.9 Å². The Balaban J connectivity index is 2.43. The van der Waals surface area contributed by atoms with E-state index in [1.807, 2.05) is 6.07 Å². The summed E-state index contributed by atoms with van der Waals surface area (Å²) in [6, 6.07) is 11.6. The molecule has 0 saturated heterocycles. The lowest BCUT2D eigenvalue weighted by Crippen LogP contribution is -2.01. The zero-order valence-electron chi connectivity index (χ0n) is 10.1. The maximum atomic E-state index is 11.0. The van der Waals surface area contributed by atoms with Crippen molar-refractivity contribution in [2.24, 2.45) is 0 Å².